The number of carboxylic acids is 2. The topological polar surface area (TPSA) is 74.6 Å². The number of aliphatic carboxylic acids is 2. The zero-order valence-corrected chi connectivity index (χ0v) is 39.9. The molecule has 0 saturated heterocycles. The van der Waals surface area contributed by atoms with Crippen LogP contribution in [0.25, 0.3) is 0 Å². The van der Waals surface area contributed by atoms with Crippen LogP contribution in [-0.2, 0) is 9.59 Å². The van der Waals surface area contributed by atoms with E-state index in [1.165, 1.54) is 257 Å². The second kappa shape index (κ2) is 47.0. The lowest BCUT2D eigenvalue weighted by Crippen LogP contribution is -2.31. The summed E-state index contributed by atoms with van der Waals surface area (Å²) in [5.41, 5.74) is -0.500. The van der Waals surface area contributed by atoms with Crippen molar-refractivity contribution in [2.45, 2.75) is 328 Å². The van der Waals surface area contributed by atoms with Crippen LogP contribution in [0.1, 0.15) is 328 Å². The molecule has 0 aromatic rings. The van der Waals surface area contributed by atoms with Gasteiger partial charge in [-0.05, 0) is 25.7 Å². The van der Waals surface area contributed by atoms with Gasteiger partial charge in [-0.15, -0.1) is 0 Å². The molecule has 0 aliphatic rings. The van der Waals surface area contributed by atoms with E-state index in [9.17, 15) is 14.7 Å². The summed E-state index contributed by atoms with van der Waals surface area (Å²) < 4.78 is 0. The summed E-state index contributed by atoms with van der Waals surface area (Å²) in [4.78, 5) is 23.6. The van der Waals surface area contributed by atoms with Crippen molar-refractivity contribution >= 4 is 11.9 Å². The summed E-state index contributed by atoms with van der Waals surface area (Å²) in [7, 11) is 0. The van der Waals surface area contributed by atoms with Crippen molar-refractivity contribution in [3.63, 3.8) is 0 Å². The Morgan fingerprint density at radius 3 is 0.621 bits per heavy atom. The highest BCUT2D eigenvalue weighted by Crippen LogP contribution is 2.38. The van der Waals surface area contributed by atoms with E-state index in [1.54, 1.807) is 0 Å². The van der Waals surface area contributed by atoms with Crippen molar-refractivity contribution < 1.29 is 19.8 Å². The van der Waals surface area contributed by atoms with Gasteiger partial charge in [-0.3, -0.25) is 9.59 Å². The van der Waals surface area contributed by atoms with Gasteiger partial charge in [-0.1, -0.05) is 296 Å². The number of unbranched alkanes of at least 4 members (excludes halogenated alkanes) is 42. The van der Waals surface area contributed by atoms with E-state index in [-0.39, 0.29) is 0 Å². The Balaban J connectivity index is 4.33. The lowest BCUT2D eigenvalue weighted by molar-refractivity contribution is -0.151. The first-order chi connectivity index (χ1) is 28.5. The van der Waals surface area contributed by atoms with Crippen LogP contribution in [-0.4, -0.2) is 22.2 Å². The zero-order valence-electron chi connectivity index (χ0n) is 39.9. The highest BCUT2D eigenvalue weighted by molar-refractivity contribution is 5.74. The lowest BCUT2D eigenvalue weighted by atomic mass is 9.74. The molecule has 4 nitrogen and oxygen atoms in total. The van der Waals surface area contributed by atoms with Crippen molar-refractivity contribution in [3.8, 4) is 0 Å². The maximum Gasteiger partial charge on any atom is 0.309 e. The fraction of sp³-hybridized carbons (Fsp3) is 0.963. The van der Waals surface area contributed by atoms with Gasteiger partial charge in [0.2, 0.25) is 0 Å². The average molecular weight is 819 g/mol. The molecule has 0 spiro atoms. The fourth-order valence-electron chi connectivity index (χ4n) is 9.40. The molecular weight excluding hydrogens is 713 g/mol. The first-order valence-corrected chi connectivity index (χ1v) is 26.9. The van der Waals surface area contributed by atoms with Crippen LogP contribution < -0.4 is 0 Å². The number of rotatable bonds is 51. The second-order valence-electron chi connectivity index (χ2n) is 19.2. The molecule has 0 heterocycles. The number of carbonyl (C=O) groups is 2. The fourth-order valence-corrected chi connectivity index (χ4v) is 9.40. The Morgan fingerprint density at radius 2 is 0.448 bits per heavy atom. The van der Waals surface area contributed by atoms with Gasteiger partial charge in [0.05, 0.1) is 5.41 Å². The first-order valence-electron chi connectivity index (χ1n) is 26.9. The minimum Gasteiger partial charge on any atom is -0.481 e. The molecule has 0 radical (unpaired) electrons. The monoisotopic (exact) mass is 819 g/mol. The van der Waals surface area contributed by atoms with Crippen LogP contribution in [0.15, 0.2) is 0 Å². The summed E-state index contributed by atoms with van der Waals surface area (Å²) >= 11 is 0. The van der Waals surface area contributed by atoms with Gasteiger partial charge < -0.3 is 10.2 Å². The molecule has 0 unspecified atom stereocenters. The number of hydrogen-bond donors (Lipinski definition) is 2. The normalized spacial score (nSPS) is 11.8. The summed E-state index contributed by atoms with van der Waals surface area (Å²) in [6, 6.07) is 0. The maximum absolute atomic E-state index is 13.0. The van der Waals surface area contributed by atoms with Crippen LogP contribution >= 0.6 is 0 Å². The van der Waals surface area contributed by atoms with Gasteiger partial charge in [0.1, 0.15) is 0 Å². The van der Waals surface area contributed by atoms with Crippen molar-refractivity contribution in [2.75, 3.05) is 0 Å². The van der Waals surface area contributed by atoms with E-state index in [4.69, 9.17) is 5.11 Å². The Morgan fingerprint density at radius 1 is 0.276 bits per heavy atom. The third kappa shape index (κ3) is 41.7. The minimum absolute atomic E-state index is 0.316. The van der Waals surface area contributed by atoms with Crippen LogP contribution in [0.5, 0.6) is 0 Å². The summed E-state index contributed by atoms with van der Waals surface area (Å²) in [6.07, 6.45) is 62.1. The van der Waals surface area contributed by atoms with Crippen LogP contribution in [0.4, 0.5) is 0 Å². The van der Waals surface area contributed by atoms with Gasteiger partial charge in [0.15, 0.2) is 0 Å². The molecule has 0 aromatic heterocycles. The van der Waals surface area contributed by atoms with Crippen molar-refractivity contribution in [1.29, 1.82) is 0 Å². The van der Waals surface area contributed by atoms with Gasteiger partial charge >= 0.3 is 11.9 Å². The quantitative estimate of drug-likeness (QED) is 0.0600. The molecule has 0 atom stereocenters. The molecule has 4 heteroatoms. The molecule has 0 aliphatic carbocycles. The second-order valence-corrected chi connectivity index (χ2v) is 19.2. The SMILES string of the molecule is CCCCCCCCCCCCCCCCCCC(CCCCCCCCCCCCCCCCCC)(CCCCCCCCCCCCCCCC(=O)O)C(=O)O. The summed E-state index contributed by atoms with van der Waals surface area (Å²) in [6.45, 7) is 4.59. The molecule has 0 aliphatic heterocycles. The third-order valence-electron chi connectivity index (χ3n) is 13.5. The molecular formula is C54H106O4. The van der Waals surface area contributed by atoms with E-state index in [2.05, 4.69) is 13.8 Å². The number of carboxylic acid groups (broad SMARTS) is 2. The zero-order chi connectivity index (χ0) is 42.3. The minimum atomic E-state index is -0.669. The summed E-state index contributed by atoms with van der Waals surface area (Å²) in [5.74, 6) is -1.17. The molecule has 2 N–H and O–H groups in total. The highest BCUT2D eigenvalue weighted by atomic mass is 16.4. The Bertz CT molecular complexity index is 788. The smallest absolute Gasteiger partial charge is 0.309 e. The predicted octanol–water partition coefficient (Wildman–Crippen LogP) is 19.3. The maximum atomic E-state index is 13.0. The molecule has 0 amide bonds. The molecule has 58 heavy (non-hydrogen) atoms. The molecule has 346 valence electrons. The molecule has 0 bridgehead atoms. The third-order valence-corrected chi connectivity index (χ3v) is 13.5. The standard InChI is InChI=1S/C54H106O4/c1-3-5-7-9-11-13-15-17-19-21-25-29-33-37-41-45-49-54(53(57)58,50-46-42-38-34-30-26-22-20-18-16-14-12-10-8-6-4-2)51-47-43-39-35-31-27-23-24-28-32-36-40-44-48-52(55)56/h3-51H2,1-2H3,(H,55,56)(H,57,58). The van der Waals surface area contributed by atoms with Crippen LogP contribution in [0.2, 0.25) is 0 Å². The Labute approximate surface area is 364 Å². The van der Waals surface area contributed by atoms with Gasteiger partial charge in [0, 0.05) is 6.42 Å². The van der Waals surface area contributed by atoms with Crippen molar-refractivity contribution in [3.05, 3.63) is 0 Å². The highest BCUT2D eigenvalue weighted by Gasteiger charge is 2.36. The largest absolute Gasteiger partial charge is 0.481 e. The summed E-state index contributed by atoms with van der Waals surface area (Å²) in [5, 5.41) is 19.4. The van der Waals surface area contributed by atoms with E-state index >= 15 is 0 Å². The number of hydrogen-bond acceptors (Lipinski definition) is 2. The molecule has 0 aromatic carbocycles. The van der Waals surface area contributed by atoms with Gasteiger partial charge in [-0.2, -0.15) is 0 Å². The van der Waals surface area contributed by atoms with Crippen LogP contribution in [0.3, 0.4) is 0 Å². The Hall–Kier alpha value is -1.06. The van der Waals surface area contributed by atoms with Crippen LogP contribution in [0, 0.1) is 5.41 Å². The lowest BCUT2D eigenvalue weighted by Gasteiger charge is -2.30. The van der Waals surface area contributed by atoms with E-state index in [1.807, 2.05) is 0 Å². The van der Waals surface area contributed by atoms with Gasteiger partial charge in [-0.25, -0.2) is 0 Å². The molecule has 0 rings (SSSR count). The van der Waals surface area contributed by atoms with Gasteiger partial charge in [0.25, 0.3) is 0 Å². The van der Waals surface area contributed by atoms with E-state index in [0.717, 1.165) is 51.4 Å². The Kier molecular flexibility index (Phi) is 46.1. The average Bonchev–Trinajstić information content (AvgIpc) is 3.21. The molecule has 0 fully saturated rings. The van der Waals surface area contributed by atoms with E-state index in [0.29, 0.717) is 6.42 Å². The van der Waals surface area contributed by atoms with Crippen molar-refractivity contribution in [2.24, 2.45) is 5.41 Å². The van der Waals surface area contributed by atoms with Crippen molar-refractivity contribution in [1.82, 2.24) is 0 Å². The first kappa shape index (κ1) is 56.9. The molecule has 0 saturated carbocycles. The predicted molar refractivity (Wildman–Crippen MR) is 255 cm³/mol. The van der Waals surface area contributed by atoms with E-state index < -0.39 is 17.4 Å².